The van der Waals surface area contributed by atoms with Crippen LogP contribution in [-0.2, 0) is 6.54 Å². The molecule has 1 heterocycles. The van der Waals surface area contributed by atoms with Gasteiger partial charge in [0.1, 0.15) is 0 Å². The molecule has 0 spiro atoms. The Balaban J connectivity index is 1.61. The van der Waals surface area contributed by atoms with Gasteiger partial charge in [0, 0.05) is 43.3 Å². The molecule has 2 aromatic rings. The molecule has 1 amide bonds. The number of rotatable bonds is 3. The van der Waals surface area contributed by atoms with Crippen LogP contribution in [0.3, 0.4) is 0 Å². The largest absolute Gasteiger partial charge is 0.337 e. The van der Waals surface area contributed by atoms with E-state index in [1.165, 1.54) is 0 Å². The maximum atomic E-state index is 12.6. The van der Waals surface area contributed by atoms with Gasteiger partial charge in [0.2, 0.25) is 0 Å². The Morgan fingerprint density at radius 3 is 2.43 bits per heavy atom. The van der Waals surface area contributed by atoms with Gasteiger partial charge in [0.15, 0.2) is 0 Å². The molecule has 0 aromatic heterocycles. The fourth-order valence-electron chi connectivity index (χ4n) is 2.96. The Bertz CT molecular complexity index is 659. The zero-order valence-corrected chi connectivity index (χ0v) is 13.9. The second-order valence-corrected chi connectivity index (χ2v) is 6.29. The number of carbonyl (C=O) groups excluding carboxylic acids is 1. The highest BCUT2D eigenvalue weighted by Crippen LogP contribution is 2.18. The van der Waals surface area contributed by atoms with E-state index in [4.69, 9.17) is 11.6 Å². The molecule has 0 saturated carbocycles. The Kier molecular flexibility index (Phi) is 5.31. The van der Waals surface area contributed by atoms with Crippen molar-refractivity contribution in [2.24, 2.45) is 0 Å². The van der Waals surface area contributed by atoms with E-state index in [2.05, 4.69) is 11.0 Å². The second kappa shape index (κ2) is 7.62. The van der Waals surface area contributed by atoms with Gasteiger partial charge >= 0.3 is 0 Å². The molecule has 1 aliphatic heterocycles. The molecule has 1 aliphatic rings. The third-order valence-electron chi connectivity index (χ3n) is 4.25. The molecule has 0 bridgehead atoms. The van der Waals surface area contributed by atoms with Gasteiger partial charge in [-0.05, 0) is 30.2 Å². The number of amides is 1. The predicted molar refractivity (Wildman–Crippen MR) is 93.7 cm³/mol. The molecule has 3 nitrogen and oxygen atoms in total. The van der Waals surface area contributed by atoms with Crippen LogP contribution in [0, 0.1) is 0 Å². The van der Waals surface area contributed by atoms with E-state index >= 15 is 0 Å². The van der Waals surface area contributed by atoms with Gasteiger partial charge < -0.3 is 4.90 Å². The molecule has 4 heteroatoms. The Hall–Kier alpha value is -1.84. The van der Waals surface area contributed by atoms with Crippen LogP contribution in [0.15, 0.2) is 54.6 Å². The molecule has 0 atom stereocenters. The van der Waals surface area contributed by atoms with Crippen molar-refractivity contribution >= 4 is 17.5 Å². The number of halogens is 1. The van der Waals surface area contributed by atoms with E-state index in [1.807, 2.05) is 53.4 Å². The van der Waals surface area contributed by atoms with Crippen LogP contribution in [0.25, 0.3) is 0 Å². The van der Waals surface area contributed by atoms with Crippen molar-refractivity contribution in [3.8, 4) is 0 Å². The minimum Gasteiger partial charge on any atom is -0.337 e. The summed E-state index contributed by atoms with van der Waals surface area (Å²) >= 11 is 6.25. The van der Waals surface area contributed by atoms with Gasteiger partial charge in [0.25, 0.3) is 5.91 Å². The van der Waals surface area contributed by atoms with E-state index in [0.29, 0.717) is 0 Å². The van der Waals surface area contributed by atoms with Crippen molar-refractivity contribution in [2.45, 2.75) is 13.0 Å². The predicted octanol–water partition coefficient (Wildman–Crippen LogP) is 3.69. The second-order valence-electron chi connectivity index (χ2n) is 5.88. The van der Waals surface area contributed by atoms with E-state index in [9.17, 15) is 4.79 Å². The lowest BCUT2D eigenvalue weighted by Gasteiger charge is -2.22. The quantitative estimate of drug-likeness (QED) is 0.858. The number of benzene rings is 2. The van der Waals surface area contributed by atoms with Gasteiger partial charge in [0.05, 0.1) is 0 Å². The highest BCUT2D eigenvalue weighted by molar-refractivity contribution is 6.31. The first-order valence-electron chi connectivity index (χ1n) is 8.04. The van der Waals surface area contributed by atoms with Crippen molar-refractivity contribution in [2.75, 3.05) is 26.2 Å². The van der Waals surface area contributed by atoms with E-state index in [-0.39, 0.29) is 5.91 Å². The van der Waals surface area contributed by atoms with Crippen LogP contribution in [0.4, 0.5) is 0 Å². The van der Waals surface area contributed by atoms with E-state index < -0.39 is 0 Å². The maximum Gasteiger partial charge on any atom is 0.253 e. The molecule has 23 heavy (non-hydrogen) atoms. The van der Waals surface area contributed by atoms with Crippen LogP contribution in [0.2, 0.25) is 5.02 Å². The molecule has 0 aliphatic carbocycles. The first-order chi connectivity index (χ1) is 11.2. The standard InChI is InChI=1S/C19H21ClN2O/c20-18-10-5-4-9-17(18)15-21-11-6-12-22(14-13-21)19(23)16-7-2-1-3-8-16/h1-5,7-10H,6,11-15H2. The fraction of sp³-hybridized carbons (Fsp3) is 0.316. The SMILES string of the molecule is O=C(c1ccccc1)N1CCCN(Cc2ccccc2Cl)CC1. The molecular formula is C19H21ClN2O. The summed E-state index contributed by atoms with van der Waals surface area (Å²) in [5.74, 6) is 0.130. The zero-order chi connectivity index (χ0) is 16.1. The van der Waals surface area contributed by atoms with E-state index in [0.717, 1.165) is 55.3 Å². The maximum absolute atomic E-state index is 12.6. The minimum atomic E-state index is 0.130. The number of nitrogens with zero attached hydrogens (tertiary/aromatic N) is 2. The molecule has 3 rings (SSSR count). The Labute approximate surface area is 142 Å². The molecule has 120 valence electrons. The number of hydrogen-bond donors (Lipinski definition) is 0. The number of hydrogen-bond acceptors (Lipinski definition) is 2. The Morgan fingerprint density at radius 1 is 0.913 bits per heavy atom. The lowest BCUT2D eigenvalue weighted by Crippen LogP contribution is -2.35. The molecule has 0 N–H and O–H groups in total. The highest BCUT2D eigenvalue weighted by Gasteiger charge is 2.20. The van der Waals surface area contributed by atoms with Crippen molar-refractivity contribution in [1.82, 2.24) is 9.80 Å². The summed E-state index contributed by atoms with van der Waals surface area (Å²) in [5, 5.41) is 0.814. The van der Waals surface area contributed by atoms with Crippen LogP contribution >= 0.6 is 11.6 Å². The lowest BCUT2D eigenvalue weighted by atomic mass is 10.2. The zero-order valence-electron chi connectivity index (χ0n) is 13.1. The monoisotopic (exact) mass is 328 g/mol. The van der Waals surface area contributed by atoms with Gasteiger partial charge in [-0.1, -0.05) is 48.0 Å². The van der Waals surface area contributed by atoms with Crippen molar-refractivity contribution in [3.05, 3.63) is 70.7 Å². The third-order valence-corrected chi connectivity index (χ3v) is 4.62. The minimum absolute atomic E-state index is 0.130. The lowest BCUT2D eigenvalue weighted by molar-refractivity contribution is 0.0761. The normalized spacial score (nSPS) is 16.1. The number of carbonyl (C=O) groups is 1. The molecule has 2 aromatic carbocycles. The summed E-state index contributed by atoms with van der Waals surface area (Å²) in [7, 11) is 0. The topological polar surface area (TPSA) is 23.6 Å². The van der Waals surface area contributed by atoms with Gasteiger partial charge in [-0.3, -0.25) is 9.69 Å². The summed E-state index contributed by atoms with van der Waals surface area (Å²) < 4.78 is 0. The molecule has 0 radical (unpaired) electrons. The van der Waals surface area contributed by atoms with Gasteiger partial charge in [-0.2, -0.15) is 0 Å². The molecule has 1 saturated heterocycles. The first-order valence-corrected chi connectivity index (χ1v) is 8.42. The summed E-state index contributed by atoms with van der Waals surface area (Å²) in [6.07, 6.45) is 0.989. The van der Waals surface area contributed by atoms with Gasteiger partial charge in [-0.25, -0.2) is 0 Å². The van der Waals surface area contributed by atoms with Crippen LogP contribution in [0.5, 0.6) is 0 Å². The molecular weight excluding hydrogens is 308 g/mol. The summed E-state index contributed by atoms with van der Waals surface area (Å²) in [5.41, 5.74) is 1.92. The van der Waals surface area contributed by atoms with Crippen LogP contribution in [0.1, 0.15) is 22.3 Å². The summed E-state index contributed by atoms with van der Waals surface area (Å²) in [6, 6.07) is 17.5. The smallest absolute Gasteiger partial charge is 0.253 e. The fourth-order valence-corrected chi connectivity index (χ4v) is 3.16. The van der Waals surface area contributed by atoms with E-state index in [1.54, 1.807) is 0 Å². The molecule has 1 fully saturated rings. The van der Waals surface area contributed by atoms with Crippen molar-refractivity contribution in [3.63, 3.8) is 0 Å². The Morgan fingerprint density at radius 2 is 1.65 bits per heavy atom. The first kappa shape index (κ1) is 16.0. The summed E-state index contributed by atoms with van der Waals surface area (Å²) in [6.45, 7) is 4.28. The van der Waals surface area contributed by atoms with Crippen LogP contribution in [-0.4, -0.2) is 41.9 Å². The van der Waals surface area contributed by atoms with Crippen molar-refractivity contribution in [1.29, 1.82) is 0 Å². The average Bonchev–Trinajstić information content (AvgIpc) is 2.83. The highest BCUT2D eigenvalue weighted by atomic mass is 35.5. The molecule has 0 unspecified atom stereocenters. The summed E-state index contributed by atoms with van der Waals surface area (Å²) in [4.78, 5) is 16.9. The third kappa shape index (κ3) is 4.12. The van der Waals surface area contributed by atoms with Gasteiger partial charge in [-0.15, -0.1) is 0 Å². The van der Waals surface area contributed by atoms with Crippen LogP contribution < -0.4 is 0 Å². The van der Waals surface area contributed by atoms with Crippen molar-refractivity contribution < 1.29 is 4.79 Å². The average molecular weight is 329 g/mol.